The third kappa shape index (κ3) is 8.60. The fourth-order valence-electron chi connectivity index (χ4n) is 5.04. The van der Waals surface area contributed by atoms with Gasteiger partial charge >= 0.3 is 0 Å². The fourth-order valence-corrected chi connectivity index (χ4v) is 6.46. The van der Waals surface area contributed by atoms with Crippen molar-refractivity contribution in [3.05, 3.63) is 131 Å². The Morgan fingerprint density at radius 3 is 1.96 bits per heavy atom. The van der Waals surface area contributed by atoms with E-state index in [0.29, 0.717) is 5.69 Å². The van der Waals surface area contributed by atoms with Crippen molar-refractivity contribution in [2.24, 2.45) is 0 Å². The Labute approximate surface area is 268 Å². The summed E-state index contributed by atoms with van der Waals surface area (Å²) in [6.45, 7) is 9.35. The minimum Gasteiger partial charge on any atom is -0.352 e. The number of nitrogens with one attached hydrogen (secondary N) is 1. The van der Waals surface area contributed by atoms with Gasteiger partial charge in [-0.05, 0) is 75.1 Å². The third-order valence-electron chi connectivity index (χ3n) is 8.08. The predicted molar refractivity (Wildman–Crippen MR) is 180 cm³/mol. The van der Waals surface area contributed by atoms with Gasteiger partial charge in [-0.15, -0.1) is 0 Å². The van der Waals surface area contributed by atoms with E-state index in [9.17, 15) is 18.0 Å². The maximum atomic E-state index is 14.6. The van der Waals surface area contributed by atoms with Crippen molar-refractivity contribution in [2.45, 2.75) is 71.0 Å². The predicted octanol–water partition coefficient (Wildman–Crippen LogP) is 6.36. The molecule has 0 aliphatic heterocycles. The molecule has 4 aromatic carbocycles. The molecule has 236 valence electrons. The Bertz CT molecular complexity index is 1690. The van der Waals surface area contributed by atoms with Crippen LogP contribution in [0.4, 0.5) is 5.69 Å². The summed E-state index contributed by atoms with van der Waals surface area (Å²) in [5.74, 6) is -0.756. The van der Waals surface area contributed by atoms with Crippen molar-refractivity contribution in [3.8, 4) is 0 Å². The van der Waals surface area contributed by atoms with Gasteiger partial charge in [0, 0.05) is 19.0 Å². The van der Waals surface area contributed by atoms with Gasteiger partial charge in [-0.3, -0.25) is 13.9 Å². The summed E-state index contributed by atoms with van der Waals surface area (Å²) in [5, 5.41) is 3.07. The molecule has 0 radical (unpaired) electrons. The molecule has 45 heavy (non-hydrogen) atoms. The number of amides is 2. The van der Waals surface area contributed by atoms with Crippen molar-refractivity contribution >= 4 is 27.5 Å². The van der Waals surface area contributed by atoms with Gasteiger partial charge in [-0.25, -0.2) is 8.42 Å². The van der Waals surface area contributed by atoms with E-state index >= 15 is 0 Å². The average molecular weight is 626 g/mol. The Balaban J connectivity index is 1.81. The molecule has 0 aliphatic carbocycles. The fraction of sp³-hybridized carbons (Fsp3) is 0.297. The number of anilines is 1. The summed E-state index contributed by atoms with van der Waals surface area (Å²) in [6, 6.07) is 30.0. The summed E-state index contributed by atoms with van der Waals surface area (Å²) in [6.07, 6.45) is 1.00. The highest BCUT2D eigenvalue weighted by Crippen LogP contribution is 2.26. The molecule has 0 aromatic heterocycles. The van der Waals surface area contributed by atoms with E-state index in [1.54, 1.807) is 41.3 Å². The van der Waals surface area contributed by atoms with E-state index < -0.39 is 28.5 Å². The van der Waals surface area contributed by atoms with Crippen LogP contribution >= 0.6 is 0 Å². The minimum absolute atomic E-state index is 0.0854. The van der Waals surface area contributed by atoms with Gasteiger partial charge in [-0.2, -0.15) is 0 Å². The first kappa shape index (κ1) is 33.5. The van der Waals surface area contributed by atoms with Crippen LogP contribution in [-0.4, -0.2) is 43.8 Å². The highest BCUT2D eigenvalue weighted by atomic mass is 32.2. The maximum Gasteiger partial charge on any atom is 0.264 e. The van der Waals surface area contributed by atoms with Gasteiger partial charge in [0.1, 0.15) is 12.6 Å². The maximum absolute atomic E-state index is 14.6. The molecular formula is C37H43N3O4S. The topological polar surface area (TPSA) is 86.8 Å². The molecular weight excluding hydrogens is 582 g/mol. The highest BCUT2D eigenvalue weighted by molar-refractivity contribution is 7.92. The standard InChI is InChI=1S/C37H43N3O4S/c1-6-30(5)38-37(42)35(24-31-13-8-7-9-14-31)39(25-32-15-11-10-12-29(32)4)36(41)26-40(33-20-16-27(2)17-21-33)45(43,44)34-22-18-28(3)19-23-34/h7-23,30,35H,6,24-26H2,1-5H3,(H,38,42)/t30-,35+/m0/s1. The van der Waals surface area contributed by atoms with Crippen LogP contribution in [0.3, 0.4) is 0 Å². The second-order valence-corrected chi connectivity index (χ2v) is 13.5. The monoisotopic (exact) mass is 625 g/mol. The highest BCUT2D eigenvalue weighted by Gasteiger charge is 2.35. The summed E-state index contributed by atoms with van der Waals surface area (Å²) in [7, 11) is -4.14. The number of hydrogen-bond acceptors (Lipinski definition) is 4. The number of hydrogen-bond donors (Lipinski definition) is 1. The van der Waals surface area contributed by atoms with Crippen LogP contribution in [0, 0.1) is 20.8 Å². The van der Waals surface area contributed by atoms with Crippen LogP contribution in [0.1, 0.15) is 48.1 Å². The van der Waals surface area contributed by atoms with E-state index in [1.165, 1.54) is 0 Å². The van der Waals surface area contributed by atoms with E-state index in [2.05, 4.69) is 5.32 Å². The Hall–Kier alpha value is -4.43. The van der Waals surface area contributed by atoms with Gasteiger partial charge in [0.25, 0.3) is 10.0 Å². The molecule has 0 fully saturated rings. The molecule has 0 bridgehead atoms. The lowest BCUT2D eigenvalue weighted by atomic mass is 10.0. The minimum atomic E-state index is -4.14. The van der Waals surface area contributed by atoms with Gasteiger partial charge in [0.2, 0.25) is 11.8 Å². The van der Waals surface area contributed by atoms with E-state index in [-0.39, 0.29) is 29.8 Å². The zero-order chi connectivity index (χ0) is 32.6. The van der Waals surface area contributed by atoms with Crippen molar-refractivity contribution < 1.29 is 18.0 Å². The zero-order valence-electron chi connectivity index (χ0n) is 26.7. The SMILES string of the molecule is CC[C@H](C)NC(=O)[C@@H](Cc1ccccc1)N(Cc1ccccc1C)C(=O)CN(c1ccc(C)cc1)S(=O)(=O)c1ccc(C)cc1. The molecule has 4 rings (SSSR count). The number of carbonyl (C=O) groups is 2. The van der Waals surface area contributed by atoms with Gasteiger partial charge in [0.05, 0.1) is 10.6 Å². The molecule has 2 amide bonds. The van der Waals surface area contributed by atoms with Crippen LogP contribution < -0.4 is 9.62 Å². The lowest BCUT2D eigenvalue weighted by Gasteiger charge is -2.34. The van der Waals surface area contributed by atoms with Crippen molar-refractivity contribution in [3.63, 3.8) is 0 Å². The summed E-state index contributed by atoms with van der Waals surface area (Å²) < 4.78 is 29.5. The molecule has 7 nitrogen and oxygen atoms in total. The van der Waals surface area contributed by atoms with Gasteiger partial charge in [0.15, 0.2) is 0 Å². The number of aryl methyl sites for hydroxylation is 3. The second kappa shape index (κ2) is 15.0. The number of nitrogens with zero attached hydrogens (tertiary/aromatic N) is 2. The Kier molecular flexibility index (Phi) is 11.2. The van der Waals surface area contributed by atoms with E-state index in [0.717, 1.165) is 38.5 Å². The van der Waals surface area contributed by atoms with Gasteiger partial charge in [-0.1, -0.05) is 96.9 Å². The molecule has 8 heteroatoms. The third-order valence-corrected chi connectivity index (χ3v) is 9.87. The molecule has 0 unspecified atom stereocenters. The first-order valence-corrected chi connectivity index (χ1v) is 16.8. The van der Waals surface area contributed by atoms with E-state index in [4.69, 9.17) is 0 Å². The van der Waals surface area contributed by atoms with Crippen LogP contribution in [-0.2, 0) is 32.6 Å². The molecule has 2 atom stereocenters. The molecule has 1 N–H and O–H groups in total. The van der Waals surface area contributed by atoms with Crippen LogP contribution in [0.15, 0.2) is 108 Å². The molecule has 0 aliphatic rings. The first-order valence-electron chi connectivity index (χ1n) is 15.3. The molecule has 4 aromatic rings. The zero-order valence-corrected chi connectivity index (χ0v) is 27.6. The normalized spacial score (nSPS) is 12.6. The average Bonchev–Trinajstić information content (AvgIpc) is 3.03. The van der Waals surface area contributed by atoms with Crippen LogP contribution in [0.5, 0.6) is 0 Å². The van der Waals surface area contributed by atoms with E-state index in [1.807, 2.05) is 101 Å². The summed E-state index contributed by atoms with van der Waals surface area (Å²) >= 11 is 0. The number of rotatable bonds is 13. The summed E-state index contributed by atoms with van der Waals surface area (Å²) in [5.41, 5.74) is 5.00. The van der Waals surface area contributed by atoms with Crippen molar-refractivity contribution in [1.29, 1.82) is 0 Å². The molecule has 0 heterocycles. The second-order valence-electron chi connectivity index (χ2n) is 11.6. The van der Waals surface area contributed by atoms with Crippen molar-refractivity contribution in [1.82, 2.24) is 10.2 Å². The summed E-state index contributed by atoms with van der Waals surface area (Å²) in [4.78, 5) is 30.1. The Morgan fingerprint density at radius 2 is 1.36 bits per heavy atom. The number of sulfonamides is 1. The quantitative estimate of drug-likeness (QED) is 0.187. The largest absolute Gasteiger partial charge is 0.352 e. The lowest BCUT2D eigenvalue weighted by Crippen LogP contribution is -2.54. The Morgan fingerprint density at radius 1 is 0.778 bits per heavy atom. The molecule has 0 saturated carbocycles. The first-order chi connectivity index (χ1) is 21.5. The lowest BCUT2D eigenvalue weighted by molar-refractivity contribution is -0.140. The molecule has 0 saturated heterocycles. The van der Waals surface area contributed by atoms with Crippen LogP contribution in [0.2, 0.25) is 0 Å². The van der Waals surface area contributed by atoms with Crippen molar-refractivity contribution in [2.75, 3.05) is 10.8 Å². The van der Waals surface area contributed by atoms with Gasteiger partial charge < -0.3 is 10.2 Å². The molecule has 0 spiro atoms. The van der Waals surface area contributed by atoms with Crippen LogP contribution in [0.25, 0.3) is 0 Å². The number of carbonyl (C=O) groups excluding carboxylic acids is 2. The number of benzene rings is 4. The smallest absolute Gasteiger partial charge is 0.264 e.